The Kier molecular flexibility index (Phi) is 4.04. The third kappa shape index (κ3) is 3.50. The maximum Gasteiger partial charge on any atom is 0.244 e. The summed E-state index contributed by atoms with van der Waals surface area (Å²) in [4.78, 5) is 24.1. The van der Waals surface area contributed by atoms with Crippen molar-refractivity contribution in [3.05, 3.63) is 52.4 Å². The van der Waals surface area contributed by atoms with Gasteiger partial charge in [0.15, 0.2) is 15.3 Å². The van der Waals surface area contributed by atoms with Crippen molar-refractivity contribution in [2.24, 2.45) is 0 Å². The molecule has 3 rings (SSSR count). The zero-order valence-electron chi connectivity index (χ0n) is 12.2. The second kappa shape index (κ2) is 6.00. The van der Waals surface area contributed by atoms with E-state index in [2.05, 4.69) is 5.32 Å². The molecule has 2 aromatic rings. The summed E-state index contributed by atoms with van der Waals surface area (Å²) in [6, 6.07) is 6.48. The highest BCUT2D eigenvalue weighted by Crippen LogP contribution is 2.12. The van der Waals surface area contributed by atoms with Crippen molar-refractivity contribution in [1.29, 1.82) is 0 Å². The van der Waals surface area contributed by atoms with Gasteiger partial charge in [-0.05, 0) is 24.6 Å². The smallest absolute Gasteiger partial charge is 0.244 e. The van der Waals surface area contributed by atoms with Gasteiger partial charge in [-0.2, -0.15) is 0 Å². The molecule has 0 spiro atoms. The van der Waals surface area contributed by atoms with Gasteiger partial charge in [0.2, 0.25) is 5.91 Å². The van der Waals surface area contributed by atoms with E-state index < -0.39 is 15.7 Å². The van der Waals surface area contributed by atoms with Crippen molar-refractivity contribution in [2.75, 3.05) is 11.5 Å². The molecule has 23 heavy (non-hydrogen) atoms. The third-order valence-electron chi connectivity index (χ3n) is 3.70. The Balaban J connectivity index is 1.74. The Morgan fingerprint density at radius 1 is 1.30 bits per heavy atom. The first-order chi connectivity index (χ1) is 10.9. The zero-order valence-corrected chi connectivity index (χ0v) is 13.0. The van der Waals surface area contributed by atoms with Crippen LogP contribution in [0.15, 0.2) is 45.8 Å². The summed E-state index contributed by atoms with van der Waals surface area (Å²) < 4.78 is 28.1. The van der Waals surface area contributed by atoms with Gasteiger partial charge in [0.25, 0.3) is 0 Å². The molecule has 120 valence electrons. The molecular formula is C16H15NO5S. The number of sulfone groups is 1. The minimum absolute atomic E-state index is 0.0370. The zero-order chi connectivity index (χ0) is 16.4. The first kappa shape index (κ1) is 15.5. The molecule has 1 aromatic heterocycles. The van der Waals surface area contributed by atoms with Crippen LogP contribution in [0.4, 0.5) is 0 Å². The number of carbonyl (C=O) groups excluding carboxylic acids is 1. The van der Waals surface area contributed by atoms with Crippen molar-refractivity contribution >= 4 is 32.8 Å². The summed E-state index contributed by atoms with van der Waals surface area (Å²) in [5, 5.41) is 3.07. The molecule has 1 aromatic carbocycles. The number of rotatable bonds is 3. The van der Waals surface area contributed by atoms with Crippen LogP contribution in [0, 0.1) is 0 Å². The van der Waals surface area contributed by atoms with Crippen LogP contribution in [-0.2, 0) is 14.6 Å². The highest BCUT2D eigenvalue weighted by molar-refractivity contribution is 7.91. The molecule has 1 amide bonds. The molecule has 0 radical (unpaired) electrons. The Labute approximate surface area is 132 Å². The Morgan fingerprint density at radius 3 is 2.83 bits per heavy atom. The average Bonchev–Trinajstić information content (AvgIpc) is 2.85. The van der Waals surface area contributed by atoms with Crippen LogP contribution in [0.5, 0.6) is 0 Å². The molecule has 1 aliphatic rings. The molecule has 2 heterocycles. The van der Waals surface area contributed by atoms with Crippen molar-refractivity contribution in [1.82, 2.24) is 5.32 Å². The molecule has 1 fully saturated rings. The summed E-state index contributed by atoms with van der Waals surface area (Å²) >= 11 is 0. The lowest BCUT2D eigenvalue weighted by Crippen LogP contribution is -2.34. The van der Waals surface area contributed by atoms with Crippen LogP contribution in [0.2, 0.25) is 0 Å². The predicted octanol–water partition coefficient (Wildman–Crippen LogP) is 1.11. The van der Waals surface area contributed by atoms with E-state index in [-0.39, 0.29) is 28.5 Å². The number of nitrogens with one attached hydrogen (secondary N) is 1. The number of benzene rings is 1. The Bertz CT molecular complexity index is 942. The second-order valence-corrected chi connectivity index (χ2v) is 7.69. The van der Waals surface area contributed by atoms with Gasteiger partial charge in [0.05, 0.1) is 22.5 Å². The van der Waals surface area contributed by atoms with E-state index in [1.54, 1.807) is 24.3 Å². The van der Waals surface area contributed by atoms with Gasteiger partial charge < -0.3 is 9.73 Å². The van der Waals surface area contributed by atoms with Crippen LogP contribution in [0.1, 0.15) is 12.0 Å². The van der Waals surface area contributed by atoms with Crippen molar-refractivity contribution in [3.63, 3.8) is 0 Å². The van der Waals surface area contributed by atoms with E-state index in [9.17, 15) is 18.0 Å². The molecular weight excluding hydrogens is 318 g/mol. The van der Waals surface area contributed by atoms with E-state index >= 15 is 0 Å². The van der Waals surface area contributed by atoms with Crippen molar-refractivity contribution in [2.45, 2.75) is 12.5 Å². The molecule has 1 atom stereocenters. The summed E-state index contributed by atoms with van der Waals surface area (Å²) in [5.74, 6) is -0.375. The number of hydrogen-bond donors (Lipinski definition) is 1. The maximum atomic E-state index is 12.2. The molecule has 1 N–H and O–H groups in total. The first-order valence-corrected chi connectivity index (χ1v) is 8.96. The fourth-order valence-corrected chi connectivity index (χ4v) is 4.20. The van der Waals surface area contributed by atoms with Gasteiger partial charge in [-0.25, -0.2) is 8.42 Å². The normalized spacial score (nSPS) is 20.1. The van der Waals surface area contributed by atoms with E-state index in [0.717, 1.165) is 0 Å². The molecule has 1 aliphatic heterocycles. The van der Waals surface area contributed by atoms with Gasteiger partial charge >= 0.3 is 0 Å². The number of para-hydroxylation sites is 1. The van der Waals surface area contributed by atoms with Crippen LogP contribution in [0.25, 0.3) is 17.0 Å². The van der Waals surface area contributed by atoms with E-state index in [1.165, 1.54) is 18.4 Å². The lowest BCUT2D eigenvalue weighted by atomic mass is 10.1. The van der Waals surface area contributed by atoms with Gasteiger partial charge in [-0.3, -0.25) is 9.59 Å². The van der Waals surface area contributed by atoms with Crippen molar-refractivity contribution < 1.29 is 17.6 Å². The van der Waals surface area contributed by atoms with Gasteiger partial charge in [-0.1, -0.05) is 12.1 Å². The molecule has 6 nitrogen and oxygen atoms in total. The maximum absolute atomic E-state index is 12.2. The van der Waals surface area contributed by atoms with Gasteiger partial charge in [0, 0.05) is 12.1 Å². The second-order valence-electron chi connectivity index (χ2n) is 5.46. The lowest BCUT2D eigenvalue weighted by molar-refractivity contribution is -0.116. The Hall–Kier alpha value is -2.41. The monoisotopic (exact) mass is 333 g/mol. The third-order valence-corrected chi connectivity index (χ3v) is 5.47. The average molecular weight is 333 g/mol. The molecule has 1 saturated heterocycles. The number of carbonyl (C=O) groups is 1. The van der Waals surface area contributed by atoms with Crippen LogP contribution in [0.3, 0.4) is 0 Å². The molecule has 0 saturated carbocycles. The van der Waals surface area contributed by atoms with E-state index in [0.29, 0.717) is 17.4 Å². The standard InChI is InChI=1S/C16H15NO5S/c18-15(17-12-7-8-23(20,21)10-12)6-5-11-9-22-14-4-2-1-3-13(14)16(11)19/h1-6,9,12H,7-8,10H2,(H,17,18)/b6-5+. The topological polar surface area (TPSA) is 93.4 Å². The van der Waals surface area contributed by atoms with Gasteiger partial charge in [-0.15, -0.1) is 0 Å². The lowest BCUT2D eigenvalue weighted by Gasteiger charge is -2.07. The minimum atomic E-state index is -3.04. The largest absolute Gasteiger partial charge is 0.463 e. The summed E-state index contributed by atoms with van der Waals surface area (Å²) in [6.45, 7) is 0. The minimum Gasteiger partial charge on any atom is -0.463 e. The van der Waals surface area contributed by atoms with Gasteiger partial charge in [0.1, 0.15) is 11.8 Å². The quantitative estimate of drug-likeness (QED) is 0.849. The highest BCUT2D eigenvalue weighted by Gasteiger charge is 2.28. The van der Waals surface area contributed by atoms with Crippen LogP contribution in [-0.4, -0.2) is 31.9 Å². The number of hydrogen-bond acceptors (Lipinski definition) is 5. The fraction of sp³-hybridized carbons (Fsp3) is 0.250. The van der Waals surface area contributed by atoms with Crippen LogP contribution < -0.4 is 10.7 Å². The van der Waals surface area contributed by atoms with Crippen LogP contribution >= 0.6 is 0 Å². The van der Waals surface area contributed by atoms with E-state index in [1.807, 2.05) is 0 Å². The summed E-state index contributed by atoms with van der Waals surface area (Å²) in [5.41, 5.74) is 0.521. The first-order valence-electron chi connectivity index (χ1n) is 7.14. The number of fused-ring (bicyclic) bond motifs is 1. The summed E-state index contributed by atoms with van der Waals surface area (Å²) in [7, 11) is -3.04. The molecule has 1 unspecified atom stereocenters. The molecule has 7 heteroatoms. The number of amides is 1. The molecule has 0 bridgehead atoms. The summed E-state index contributed by atoms with van der Waals surface area (Å²) in [6.07, 6.45) is 4.30. The fourth-order valence-electron chi connectivity index (χ4n) is 2.53. The SMILES string of the molecule is O=C(/C=C/c1coc2ccccc2c1=O)NC1CCS(=O)(=O)C1. The highest BCUT2D eigenvalue weighted by atomic mass is 32.2. The predicted molar refractivity (Wildman–Crippen MR) is 86.7 cm³/mol. The molecule has 0 aliphatic carbocycles. The van der Waals surface area contributed by atoms with Crippen molar-refractivity contribution in [3.8, 4) is 0 Å². The van der Waals surface area contributed by atoms with E-state index in [4.69, 9.17) is 4.42 Å². The Morgan fingerprint density at radius 2 is 2.09 bits per heavy atom.